The zero-order valence-electron chi connectivity index (χ0n) is 15.8. The molecule has 1 fully saturated rings. The first-order chi connectivity index (χ1) is 13.2. The second-order valence-corrected chi connectivity index (χ2v) is 7.31. The normalized spacial score (nSPS) is 17.6. The summed E-state index contributed by atoms with van der Waals surface area (Å²) in [4.78, 5) is 28.1. The van der Waals surface area contributed by atoms with E-state index in [0.29, 0.717) is 24.7 Å². The molecule has 1 saturated heterocycles. The summed E-state index contributed by atoms with van der Waals surface area (Å²) in [5.74, 6) is 1.07. The number of aryl methyl sites for hydroxylation is 1. The van der Waals surface area contributed by atoms with E-state index in [2.05, 4.69) is 0 Å². The fourth-order valence-corrected chi connectivity index (χ4v) is 4.08. The maximum Gasteiger partial charge on any atom is 0.264 e. The number of pyridine rings is 1. The molecular weight excluding hydrogens is 344 g/mol. The summed E-state index contributed by atoms with van der Waals surface area (Å²) in [5.41, 5.74) is 0.772. The van der Waals surface area contributed by atoms with Crippen molar-refractivity contribution in [3.8, 4) is 11.5 Å². The molecule has 0 spiro atoms. The van der Waals surface area contributed by atoms with Crippen molar-refractivity contribution in [3.05, 3.63) is 34.1 Å². The number of rotatable bonds is 2. The van der Waals surface area contributed by atoms with Crippen molar-refractivity contribution in [1.82, 2.24) is 9.47 Å². The Morgan fingerprint density at radius 1 is 1.04 bits per heavy atom. The number of hydrogen-bond donors (Lipinski definition) is 0. The van der Waals surface area contributed by atoms with Gasteiger partial charge in [-0.15, -0.1) is 0 Å². The Bertz CT molecular complexity index is 913. The van der Waals surface area contributed by atoms with Crippen LogP contribution in [0.5, 0.6) is 11.5 Å². The molecule has 3 heterocycles. The predicted octanol–water partition coefficient (Wildman–Crippen LogP) is 3.20. The number of carbonyl (C=O) groups excluding carboxylic acids is 1. The van der Waals surface area contributed by atoms with Crippen molar-refractivity contribution < 1.29 is 14.3 Å². The third-order valence-electron chi connectivity index (χ3n) is 5.54. The van der Waals surface area contributed by atoms with Crippen LogP contribution in [0.25, 0.3) is 10.9 Å². The minimum atomic E-state index is -0.224. The third-order valence-corrected chi connectivity index (χ3v) is 5.54. The summed E-state index contributed by atoms with van der Waals surface area (Å²) < 4.78 is 13.2. The second-order valence-electron chi connectivity index (χ2n) is 7.31. The van der Waals surface area contributed by atoms with Crippen LogP contribution in [0.1, 0.15) is 48.9 Å². The number of likely N-dealkylation sites (tertiary alicyclic amines) is 1. The van der Waals surface area contributed by atoms with E-state index in [1.165, 1.54) is 0 Å². The second kappa shape index (κ2) is 7.62. The standard InChI is InChI=1S/C21H26N2O4/c1-26-17-9-8-15-14-16(20(24)22-10-4-2-5-11-22)21(25)23-12-6-3-7-13-27-19(17)18(15)23/h8-9,14H,2-7,10-13H2,1H3. The maximum absolute atomic E-state index is 13.3. The van der Waals surface area contributed by atoms with Crippen LogP contribution in [-0.4, -0.2) is 42.2 Å². The van der Waals surface area contributed by atoms with Crippen LogP contribution >= 0.6 is 0 Å². The quantitative estimate of drug-likeness (QED) is 0.814. The summed E-state index contributed by atoms with van der Waals surface area (Å²) in [7, 11) is 1.60. The van der Waals surface area contributed by atoms with E-state index in [-0.39, 0.29) is 17.0 Å². The molecular formula is C21H26N2O4. The van der Waals surface area contributed by atoms with E-state index in [0.717, 1.165) is 62.5 Å². The van der Waals surface area contributed by atoms with Crippen molar-refractivity contribution >= 4 is 16.8 Å². The van der Waals surface area contributed by atoms with Crippen molar-refractivity contribution in [1.29, 1.82) is 0 Å². The van der Waals surface area contributed by atoms with Crippen LogP contribution in [0.15, 0.2) is 23.0 Å². The molecule has 2 aromatic rings. The summed E-state index contributed by atoms with van der Waals surface area (Å²) in [5, 5.41) is 0.840. The lowest BCUT2D eigenvalue weighted by Gasteiger charge is -2.27. The van der Waals surface area contributed by atoms with E-state index in [9.17, 15) is 9.59 Å². The van der Waals surface area contributed by atoms with Gasteiger partial charge in [0.2, 0.25) is 0 Å². The molecule has 144 valence electrons. The molecule has 0 bridgehead atoms. The summed E-state index contributed by atoms with van der Waals surface area (Å²) in [6, 6.07) is 5.48. The zero-order valence-corrected chi connectivity index (χ0v) is 15.8. The van der Waals surface area contributed by atoms with Gasteiger partial charge in [-0.05, 0) is 56.7 Å². The first-order valence-corrected chi connectivity index (χ1v) is 9.87. The largest absolute Gasteiger partial charge is 0.493 e. The van der Waals surface area contributed by atoms with Crippen LogP contribution in [0.3, 0.4) is 0 Å². The van der Waals surface area contributed by atoms with Gasteiger partial charge in [0.25, 0.3) is 11.5 Å². The fraction of sp³-hybridized carbons (Fsp3) is 0.524. The number of methoxy groups -OCH3 is 1. The summed E-state index contributed by atoms with van der Waals surface area (Å²) in [6.07, 6.45) is 5.95. The molecule has 0 radical (unpaired) electrons. The third kappa shape index (κ3) is 3.29. The highest BCUT2D eigenvalue weighted by Gasteiger charge is 2.25. The summed E-state index contributed by atoms with van der Waals surface area (Å²) in [6.45, 7) is 2.64. The average molecular weight is 370 g/mol. The smallest absolute Gasteiger partial charge is 0.264 e. The fourth-order valence-electron chi connectivity index (χ4n) is 4.08. The number of piperidine rings is 1. The average Bonchev–Trinajstić information content (AvgIpc) is 2.82. The minimum Gasteiger partial charge on any atom is -0.493 e. The number of aromatic nitrogens is 1. The lowest BCUT2D eigenvalue weighted by molar-refractivity contribution is 0.0722. The molecule has 1 amide bonds. The number of ether oxygens (including phenoxy) is 2. The molecule has 6 nitrogen and oxygen atoms in total. The van der Waals surface area contributed by atoms with Crippen molar-refractivity contribution in [2.45, 2.75) is 45.1 Å². The first kappa shape index (κ1) is 17.9. The number of nitrogens with zero attached hydrogens (tertiary/aromatic N) is 2. The highest BCUT2D eigenvalue weighted by Crippen LogP contribution is 2.36. The van der Waals surface area contributed by atoms with E-state index in [1.807, 2.05) is 17.0 Å². The number of amides is 1. The van der Waals surface area contributed by atoms with Crippen LogP contribution in [0, 0.1) is 0 Å². The topological polar surface area (TPSA) is 60.8 Å². The highest BCUT2D eigenvalue weighted by atomic mass is 16.5. The lowest BCUT2D eigenvalue weighted by atomic mass is 10.1. The van der Waals surface area contributed by atoms with Gasteiger partial charge in [0.05, 0.1) is 19.2 Å². The number of carbonyl (C=O) groups is 1. The Hall–Kier alpha value is -2.50. The van der Waals surface area contributed by atoms with Gasteiger partial charge in [0.15, 0.2) is 11.5 Å². The molecule has 6 heteroatoms. The lowest BCUT2D eigenvalue weighted by Crippen LogP contribution is -2.39. The van der Waals surface area contributed by atoms with Gasteiger partial charge in [-0.25, -0.2) is 0 Å². The Kier molecular flexibility index (Phi) is 5.05. The summed E-state index contributed by atoms with van der Waals surface area (Å²) >= 11 is 0. The van der Waals surface area contributed by atoms with Crippen LogP contribution in [0.4, 0.5) is 0 Å². The Labute approximate surface area is 158 Å². The van der Waals surface area contributed by atoms with Gasteiger partial charge in [0.1, 0.15) is 5.56 Å². The van der Waals surface area contributed by atoms with Crippen molar-refractivity contribution in [2.24, 2.45) is 0 Å². The van der Waals surface area contributed by atoms with E-state index < -0.39 is 0 Å². The molecule has 0 N–H and O–H groups in total. The molecule has 0 unspecified atom stereocenters. The van der Waals surface area contributed by atoms with Crippen LogP contribution < -0.4 is 15.0 Å². The molecule has 2 aliphatic heterocycles. The highest BCUT2D eigenvalue weighted by molar-refractivity contribution is 5.99. The van der Waals surface area contributed by atoms with E-state index in [4.69, 9.17) is 9.47 Å². The van der Waals surface area contributed by atoms with E-state index >= 15 is 0 Å². The Balaban J connectivity index is 1.90. The van der Waals surface area contributed by atoms with Gasteiger partial charge in [0, 0.05) is 25.0 Å². The molecule has 0 atom stereocenters. The maximum atomic E-state index is 13.3. The number of hydrogen-bond acceptors (Lipinski definition) is 4. The van der Waals surface area contributed by atoms with Crippen molar-refractivity contribution in [3.63, 3.8) is 0 Å². The SMILES string of the molecule is COc1ccc2cc(C(=O)N3CCCCC3)c(=O)n3c2c1OCCCCC3. The monoisotopic (exact) mass is 370 g/mol. The molecule has 2 aliphatic rings. The first-order valence-electron chi connectivity index (χ1n) is 9.87. The molecule has 0 aliphatic carbocycles. The molecule has 1 aromatic heterocycles. The minimum absolute atomic E-state index is 0.150. The van der Waals surface area contributed by atoms with E-state index in [1.54, 1.807) is 17.7 Å². The van der Waals surface area contributed by atoms with Crippen LogP contribution in [-0.2, 0) is 6.54 Å². The van der Waals surface area contributed by atoms with Gasteiger partial charge in [-0.2, -0.15) is 0 Å². The van der Waals surface area contributed by atoms with Crippen LogP contribution in [0.2, 0.25) is 0 Å². The number of benzene rings is 1. The Morgan fingerprint density at radius 3 is 2.56 bits per heavy atom. The van der Waals surface area contributed by atoms with Crippen molar-refractivity contribution in [2.75, 3.05) is 26.8 Å². The zero-order chi connectivity index (χ0) is 18.8. The van der Waals surface area contributed by atoms with Gasteiger partial charge in [-0.1, -0.05) is 0 Å². The van der Waals surface area contributed by atoms with Gasteiger partial charge < -0.3 is 18.9 Å². The van der Waals surface area contributed by atoms with Gasteiger partial charge >= 0.3 is 0 Å². The molecule has 4 rings (SSSR count). The molecule has 0 saturated carbocycles. The predicted molar refractivity (Wildman–Crippen MR) is 104 cm³/mol. The molecule has 27 heavy (non-hydrogen) atoms. The molecule has 1 aromatic carbocycles. The van der Waals surface area contributed by atoms with Gasteiger partial charge in [-0.3, -0.25) is 9.59 Å². The Morgan fingerprint density at radius 2 is 1.78 bits per heavy atom.